The lowest BCUT2D eigenvalue weighted by Gasteiger charge is -2.14. The molecule has 200 valence electrons. The van der Waals surface area contributed by atoms with Gasteiger partial charge in [0.05, 0.1) is 11.4 Å². The van der Waals surface area contributed by atoms with E-state index in [2.05, 4.69) is 42.0 Å². The molecule has 0 atom stereocenters. The first kappa shape index (κ1) is 27.6. The van der Waals surface area contributed by atoms with Crippen LogP contribution in [0.25, 0.3) is 39.4 Å². The van der Waals surface area contributed by atoms with Crippen molar-refractivity contribution >= 4 is 11.6 Å². The molecule has 0 bridgehead atoms. The number of halogens is 2. The molecule has 10 heteroatoms. The normalized spacial score (nSPS) is 10.7. The largest absolute Gasteiger partial charge is 0.440 e. The number of ether oxygens (including phenoxy) is 1. The summed E-state index contributed by atoms with van der Waals surface area (Å²) in [6, 6.07) is 22.9. The fraction of sp³-hybridized carbons (Fsp3) is 0.172. The average molecular weight is 550 g/mol. The van der Waals surface area contributed by atoms with Gasteiger partial charge in [0.1, 0.15) is 11.4 Å². The molecule has 2 heterocycles. The number of aryl methyl sites for hydroxylation is 4. The number of nitrogens with zero attached hydrogens (tertiary/aromatic N) is 3. The molecule has 7 nitrogen and oxygen atoms in total. The Bertz CT molecular complexity index is 1640. The minimum atomic E-state index is -2.88. The van der Waals surface area contributed by atoms with Crippen LogP contribution in [0.15, 0.2) is 77.2 Å². The minimum absolute atomic E-state index is 0.0799. The van der Waals surface area contributed by atoms with Crippen LogP contribution < -0.4 is 4.74 Å². The molecule has 0 aliphatic rings. The molecular formula is C29H25F2N3O4S. The molecule has 0 spiro atoms. The molecule has 0 saturated heterocycles. The van der Waals surface area contributed by atoms with E-state index in [1.807, 2.05) is 36.7 Å². The van der Waals surface area contributed by atoms with Crippen LogP contribution in [-0.4, -0.2) is 29.8 Å². The van der Waals surface area contributed by atoms with Crippen molar-refractivity contribution in [1.29, 1.82) is 0 Å². The second-order valence-electron chi connectivity index (χ2n) is 8.82. The van der Waals surface area contributed by atoms with Gasteiger partial charge in [-0.05, 0) is 74.4 Å². The van der Waals surface area contributed by atoms with E-state index in [4.69, 9.17) is 22.9 Å². The van der Waals surface area contributed by atoms with E-state index < -0.39 is 18.2 Å². The first-order valence-corrected chi connectivity index (χ1v) is 12.6. The Kier molecular flexibility index (Phi) is 8.46. The first-order chi connectivity index (χ1) is 18.7. The number of benzene rings is 3. The summed E-state index contributed by atoms with van der Waals surface area (Å²) in [5, 5.41) is 4.70. The van der Waals surface area contributed by atoms with Gasteiger partial charge in [0.15, 0.2) is 11.7 Å². The maximum Gasteiger partial charge on any atom is 0.387 e. The molecule has 39 heavy (non-hydrogen) atoms. The van der Waals surface area contributed by atoms with Crippen molar-refractivity contribution < 1.29 is 26.4 Å². The third-order valence-electron chi connectivity index (χ3n) is 5.92. The molecule has 2 aromatic heterocycles. The van der Waals surface area contributed by atoms with Gasteiger partial charge < -0.3 is 9.15 Å². The van der Waals surface area contributed by atoms with E-state index in [1.165, 1.54) is 17.7 Å². The fourth-order valence-corrected chi connectivity index (χ4v) is 4.38. The molecule has 0 saturated carbocycles. The van der Waals surface area contributed by atoms with Gasteiger partial charge in [-0.1, -0.05) is 35.9 Å². The number of hydrogen-bond donors (Lipinski definition) is 0. The van der Waals surface area contributed by atoms with E-state index in [9.17, 15) is 8.78 Å². The highest BCUT2D eigenvalue weighted by Gasteiger charge is 2.21. The topological polar surface area (TPSA) is 87.2 Å². The predicted molar refractivity (Wildman–Crippen MR) is 144 cm³/mol. The quantitative estimate of drug-likeness (QED) is 0.226. The maximum atomic E-state index is 12.6. The Morgan fingerprint density at radius 3 is 2.15 bits per heavy atom. The average Bonchev–Trinajstić information content (AvgIpc) is 3.45. The van der Waals surface area contributed by atoms with Crippen molar-refractivity contribution in [2.24, 2.45) is 0 Å². The molecule has 0 aliphatic heterocycles. The summed E-state index contributed by atoms with van der Waals surface area (Å²) in [7, 11) is 0. The SMILES string of the molecule is Cc1cccc(-c2ccc(-n3nc(C)cc3C)c(-c3nc(C)oc3-c3ccc(OC(F)F)cc3)c2)c1.O=S=O. The van der Waals surface area contributed by atoms with E-state index in [0.29, 0.717) is 22.9 Å². The molecule has 0 radical (unpaired) electrons. The van der Waals surface area contributed by atoms with Crippen LogP contribution in [0.5, 0.6) is 5.75 Å². The Morgan fingerprint density at radius 2 is 1.54 bits per heavy atom. The summed E-state index contributed by atoms with van der Waals surface area (Å²) < 4.78 is 54.3. The van der Waals surface area contributed by atoms with Crippen LogP contribution >= 0.6 is 0 Å². The summed E-state index contributed by atoms with van der Waals surface area (Å²) in [5.41, 5.74) is 8.25. The number of alkyl halides is 2. The van der Waals surface area contributed by atoms with E-state index in [0.717, 1.165) is 33.8 Å². The van der Waals surface area contributed by atoms with Crippen LogP contribution in [0, 0.1) is 27.7 Å². The van der Waals surface area contributed by atoms with E-state index >= 15 is 0 Å². The van der Waals surface area contributed by atoms with Gasteiger partial charge in [-0.2, -0.15) is 22.3 Å². The Hall–Kier alpha value is -4.44. The summed E-state index contributed by atoms with van der Waals surface area (Å²) in [4.78, 5) is 4.74. The molecule has 0 N–H and O–H groups in total. The molecule has 5 rings (SSSR count). The smallest absolute Gasteiger partial charge is 0.387 e. The molecule has 5 aromatic rings. The summed E-state index contributed by atoms with van der Waals surface area (Å²) in [6.45, 7) is 4.93. The minimum Gasteiger partial charge on any atom is -0.440 e. The molecule has 0 unspecified atom stereocenters. The third kappa shape index (κ3) is 6.35. The highest BCUT2D eigenvalue weighted by atomic mass is 32.1. The molecule has 0 fully saturated rings. The standard InChI is InChI=1S/C29H25F2N3O2.O2S/c1-17-6-5-7-22(14-17)23-10-13-26(34-19(3)15-18(2)33-34)25(16-23)27-28(35-20(4)32-27)21-8-11-24(12-9-21)36-29(30)31;1-3-2/h5-16,29H,1-4H3;. The number of rotatable bonds is 6. The van der Waals surface area contributed by atoms with Gasteiger partial charge >= 0.3 is 18.2 Å². The van der Waals surface area contributed by atoms with Crippen LogP contribution in [0.2, 0.25) is 0 Å². The van der Waals surface area contributed by atoms with E-state index in [-0.39, 0.29) is 5.75 Å². The van der Waals surface area contributed by atoms with Crippen LogP contribution in [-0.2, 0) is 11.6 Å². The van der Waals surface area contributed by atoms with Crippen LogP contribution in [0.4, 0.5) is 8.78 Å². The zero-order valence-corrected chi connectivity index (χ0v) is 22.5. The number of oxazole rings is 1. The zero-order valence-electron chi connectivity index (χ0n) is 21.6. The lowest BCUT2D eigenvalue weighted by molar-refractivity contribution is -0.0498. The summed E-state index contributed by atoms with van der Waals surface area (Å²) >= 11 is -0.750. The summed E-state index contributed by atoms with van der Waals surface area (Å²) in [5.74, 6) is 1.12. The van der Waals surface area contributed by atoms with Crippen LogP contribution in [0.3, 0.4) is 0 Å². The van der Waals surface area contributed by atoms with Gasteiger partial charge in [0.2, 0.25) is 0 Å². The van der Waals surface area contributed by atoms with Gasteiger partial charge in [-0.15, -0.1) is 0 Å². The summed E-state index contributed by atoms with van der Waals surface area (Å²) in [6.07, 6.45) is 0. The van der Waals surface area contributed by atoms with Gasteiger partial charge in [-0.3, -0.25) is 0 Å². The highest BCUT2D eigenvalue weighted by Crippen LogP contribution is 2.39. The zero-order chi connectivity index (χ0) is 28.1. The van der Waals surface area contributed by atoms with Crippen molar-refractivity contribution in [2.75, 3.05) is 0 Å². The number of hydrogen-bond acceptors (Lipinski definition) is 6. The lowest BCUT2D eigenvalue weighted by atomic mass is 9.97. The van der Waals surface area contributed by atoms with Gasteiger partial charge in [0, 0.05) is 23.7 Å². The van der Waals surface area contributed by atoms with Gasteiger partial charge in [-0.25, -0.2) is 9.67 Å². The maximum absolute atomic E-state index is 12.6. The molecular weight excluding hydrogens is 524 g/mol. The third-order valence-corrected chi connectivity index (χ3v) is 5.92. The Morgan fingerprint density at radius 1 is 0.872 bits per heavy atom. The Balaban J connectivity index is 0.00000112. The van der Waals surface area contributed by atoms with Crippen molar-refractivity contribution in [1.82, 2.24) is 14.8 Å². The van der Waals surface area contributed by atoms with Gasteiger partial charge in [0.25, 0.3) is 0 Å². The fourth-order valence-electron chi connectivity index (χ4n) is 4.38. The lowest BCUT2D eigenvalue weighted by Crippen LogP contribution is -2.03. The second kappa shape index (κ2) is 12.0. The second-order valence-corrected chi connectivity index (χ2v) is 8.96. The van der Waals surface area contributed by atoms with E-state index in [1.54, 1.807) is 19.1 Å². The molecule has 0 amide bonds. The van der Waals surface area contributed by atoms with Crippen LogP contribution in [0.1, 0.15) is 22.8 Å². The molecule has 3 aromatic carbocycles. The van der Waals surface area contributed by atoms with Crippen molar-refractivity contribution in [3.05, 3.63) is 95.6 Å². The van der Waals surface area contributed by atoms with Crippen molar-refractivity contribution in [2.45, 2.75) is 34.3 Å². The first-order valence-electron chi connectivity index (χ1n) is 11.9. The molecule has 0 aliphatic carbocycles. The number of aromatic nitrogens is 3. The van der Waals surface area contributed by atoms with Crippen molar-refractivity contribution in [3.8, 4) is 45.1 Å². The highest BCUT2D eigenvalue weighted by molar-refractivity contribution is 7.51. The Labute approximate surface area is 227 Å². The monoisotopic (exact) mass is 549 g/mol. The predicted octanol–water partition coefficient (Wildman–Crippen LogP) is 7.03. The van der Waals surface area contributed by atoms with Crippen molar-refractivity contribution in [3.63, 3.8) is 0 Å².